The molecule has 7 nitrogen and oxygen atoms in total. The molecule has 2 aromatic carbocycles. The van der Waals surface area contributed by atoms with Gasteiger partial charge in [-0.05, 0) is 48.2 Å². The minimum atomic E-state index is -2.12. The Balaban J connectivity index is 1.74. The fourth-order valence-electron chi connectivity index (χ4n) is 3.10. The molecule has 0 spiro atoms. The molecule has 3 aromatic rings. The first-order valence-electron chi connectivity index (χ1n) is 9.80. The number of carbonyl (C=O) groups is 1. The van der Waals surface area contributed by atoms with E-state index in [1.54, 1.807) is 19.2 Å². The molecular formula is C22H25N3O4S2. The lowest BCUT2D eigenvalue weighted by Crippen LogP contribution is -2.31. The Hall–Kier alpha value is -2.75. The molecule has 0 saturated heterocycles. The van der Waals surface area contributed by atoms with Crippen molar-refractivity contribution in [3.05, 3.63) is 75.7 Å². The van der Waals surface area contributed by atoms with Crippen LogP contribution < -0.4 is 14.8 Å². The van der Waals surface area contributed by atoms with Gasteiger partial charge in [-0.1, -0.05) is 31.2 Å². The van der Waals surface area contributed by atoms with E-state index in [4.69, 9.17) is 9.29 Å². The largest absolute Gasteiger partial charge is 0.497 e. The van der Waals surface area contributed by atoms with Crippen LogP contribution in [0.2, 0.25) is 0 Å². The second-order valence-electron chi connectivity index (χ2n) is 6.93. The fraction of sp³-hybridized carbons (Fsp3) is 0.273. The van der Waals surface area contributed by atoms with Crippen LogP contribution in [-0.4, -0.2) is 26.8 Å². The van der Waals surface area contributed by atoms with Gasteiger partial charge in [0.25, 0.3) is 11.3 Å². The molecule has 3 rings (SSSR count). The van der Waals surface area contributed by atoms with Crippen LogP contribution in [0.3, 0.4) is 0 Å². The van der Waals surface area contributed by atoms with Gasteiger partial charge in [0, 0.05) is 11.1 Å². The Morgan fingerprint density at radius 2 is 2.00 bits per heavy atom. The van der Waals surface area contributed by atoms with E-state index < -0.39 is 11.3 Å². The van der Waals surface area contributed by atoms with E-state index >= 15 is 0 Å². The van der Waals surface area contributed by atoms with Gasteiger partial charge in [-0.3, -0.25) is 14.1 Å². The van der Waals surface area contributed by atoms with Gasteiger partial charge < -0.3 is 10.1 Å². The first-order valence-corrected chi connectivity index (χ1v) is 11.8. The molecule has 0 radical (unpaired) electrons. The van der Waals surface area contributed by atoms with Crippen molar-refractivity contribution < 1.29 is 18.3 Å². The zero-order valence-electron chi connectivity index (χ0n) is 17.3. The summed E-state index contributed by atoms with van der Waals surface area (Å²) in [5.74, 6) is 0.618. The Kier molecular flexibility index (Phi) is 8.16. The number of rotatable bonds is 10. The van der Waals surface area contributed by atoms with Gasteiger partial charge >= 0.3 is 0 Å². The number of amides is 1. The van der Waals surface area contributed by atoms with E-state index in [0.717, 1.165) is 28.2 Å². The number of nitrogens with zero attached hydrogens (tertiary/aromatic N) is 1. The van der Waals surface area contributed by atoms with Crippen LogP contribution in [0.4, 0.5) is 5.69 Å². The molecule has 1 aromatic heterocycles. The summed E-state index contributed by atoms with van der Waals surface area (Å²) in [6.45, 7) is 2.05. The van der Waals surface area contributed by atoms with Crippen molar-refractivity contribution in [3.63, 3.8) is 0 Å². The molecule has 0 aliphatic rings. The highest BCUT2D eigenvalue weighted by Gasteiger charge is 2.19. The maximum Gasteiger partial charge on any atom is 0.259 e. The number of ether oxygens (including phenoxy) is 1. The van der Waals surface area contributed by atoms with Crippen LogP contribution in [0.1, 0.15) is 34.8 Å². The summed E-state index contributed by atoms with van der Waals surface area (Å²) < 4.78 is 27.5. The number of methoxy groups -OCH3 is 1. The Labute approximate surface area is 188 Å². The number of benzene rings is 2. The predicted octanol–water partition coefficient (Wildman–Crippen LogP) is 3.91. The maximum absolute atomic E-state index is 12.8. The van der Waals surface area contributed by atoms with Crippen LogP contribution in [-0.2, 0) is 35.3 Å². The lowest BCUT2D eigenvalue weighted by atomic mass is 10.0. The highest BCUT2D eigenvalue weighted by Crippen LogP contribution is 2.24. The SMILES string of the molecule is CCc1csc([C@H](Cc2ccc(NS(=O)O)cc2)NC(=O)Cc2cccc(OC)c2)n1. The molecule has 3 N–H and O–H groups in total. The van der Waals surface area contributed by atoms with Crippen molar-refractivity contribution in [2.45, 2.75) is 32.2 Å². The first-order chi connectivity index (χ1) is 15.0. The standard InChI is InChI=1S/C22H25N3O4S2/c1-3-17-14-30-22(23-17)20(12-15-7-9-18(10-8-15)25-31(27)28)24-21(26)13-16-5-4-6-19(11-16)29-2/h4-11,14,20,25H,3,12-13H2,1-2H3,(H,24,26)(H,27,28)/t20-/m0/s1. The Morgan fingerprint density at radius 3 is 2.65 bits per heavy atom. The van der Waals surface area contributed by atoms with Crippen molar-refractivity contribution in [2.75, 3.05) is 11.8 Å². The van der Waals surface area contributed by atoms with Gasteiger partial charge in [-0.2, -0.15) is 0 Å². The van der Waals surface area contributed by atoms with Gasteiger partial charge in [-0.25, -0.2) is 9.19 Å². The number of hydrogen-bond acceptors (Lipinski definition) is 5. The van der Waals surface area contributed by atoms with Crippen molar-refractivity contribution in [3.8, 4) is 5.75 Å². The highest BCUT2D eigenvalue weighted by molar-refractivity contribution is 7.80. The molecule has 1 amide bonds. The topological polar surface area (TPSA) is 101 Å². The van der Waals surface area contributed by atoms with Gasteiger partial charge in [0.2, 0.25) is 5.91 Å². The summed E-state index contributed by atoms with van der Waals surface area (Å²) in [6, 6.07) is 14.4. The zero-order chi connectivity index (χ0) is 22.2. The average molecular weight is 460 g/mol. The van der Waals surface area contributed by atoms with E-state index in [9.17, 15) is 9.00 Å². The van der Waals surface area contributed by atoms with Gasteiger partial charge in [0.1, 0.15) is 10.8 Å². The number of hydrogen-bond donors (Lipinski definition) is 3. The van der Waals surface area contributed by atoms with Crippen LogP contribution in [0.15, 0.2) is 53.9 Å². The summed E-state index contributed by atoms with van der Waals surface area (Å²) in [5, 5.41) is 5.99. The molecule has 1 heterocycles. The van der Waals surface area contributed by atoms with Crippen LogP contribution in [0.5, 0.6) is 5.75 Å². The zero-order valence-corrected chi connectivity index (χ0v) is 19.0. The number of aryl methyl sites for hydroxylation is 1. The fourth-order valence-corrected chi connectivity index (χ4v) is 4.39. The lowest BCUT2D eigenvalue weighted by Gasteiger charge is -2.17. The number of aromatic nitrogens is 1. The molecule has 164 valence electrons. The molecule has 0 saturated carbocycles. The minimum Gasteiger partial charge on any atom is -0.497 e. The number of anilines is 1. The van der Waals surface area contributed by atoms with Gasteiger partial charge in [0.15, 0.2) is 0 Å². The highest BCUT2D eigenvalue weighted by atomic mass is 32.2. The monoisotopic (exact) mass is 459 g/mol. The smallest absolute Gasteiger partial charge is 0.259 e. The van der Waals surface area contributed by atoms with Crippen molar-refractivity contribution in [1.82, 2.24) is 10.3 Å². The normalized spacial score (nSPS) is 12.7. The maximum atomic E-state index is 12.8. The van der Waals surface area contributed by atoms with Crippen molar-refractivity contribution in [2.24, 2.45) is 0 Å². The van der Waals surface area contributed by atoms with E-state index in [2.05, 4.69) is 15.0 Å². The second kappa shape index (κ2) is 11.0. The first kappa shape index (κ1) is 22.9. The number of thiazole rings is 1. The van der Waals surface area contributed by atoms with E-state index in [1.165, 1.54) is 11.3 Å². The lowest BCUT2D eigenvalue weighted by molar-refractivity contribution is -0.121. The molecule has 0 bridgehead atoms. The quantitative estimate of drug-likeness (QED) is 0.399. The summed E-state index contributed by atoms with van der Waals surface area (Å²) in [7, 11) is 1.60. The average Bonchev–Trinajstić information content (AvgIpc) is 3.23. The summed E-state index contributed by atoms with van der Waals surface area (Å²) in [6.07, 6.45) is 1.63. The number of nitrogens with one attached hydrogen (secondary N) is 2. The molecule has 1 unspecified atom stereocenters. The molecule has 2 atom stereocenters. The van der Waals surface area contributed by atoms with Crippen LogP contribution in [0.25, 0.3) is 0 Å². The third-order valence-electron chi connectivity index (χ3n) is 4.66. The summed E-state index contributed by atoms with van der Waals surface area (Å²) in [4.78, 5) is 17.5. The van der Waals surface area contributed by atoms with Gasteiger partial charge in [0.05, 0.1) is 25.3 Å². The second-order valence-corrected chi connectivity index (χ2v) is 8.52. The van der Waals surface area contributed by atoms with E-state index in [-0.39, 0.29) is 18.4 Å². The molecule has 0 aliphatic heterocycles. The molecular weight excluding hydrogens is 434 g/mol. The molecule has 31 heavy (non-hydrogen) atoms. The summed E-state index contributed by atoms with van der Waals surface area (Å²) >= 11 is -0.580. The van der Waals surface area contributed by atoms with E-state index in [0.29, 0.717) is 17.9 Å². The molecule has 0 aliphatic carbocycles. The van der Waals surface area contributed by atoms with Crippen molar-refractivity contribution >= 4 is 34.2 Å². The molecule has 0 fully saturated rings. The summed E-state index contributed by atoms with van der Waals surface area (Å²) in [5.41, 5.74) is 3.40. The van der Waals surface area contributed by atoms with E-state index in [1.807, 2.05) is 48.7 Å². The minimum absolute atomic E-state index is 0.0968. The molecule has 9 heteroatoms. The third-order valence-corrected chi connectivity index (χ3v) is 6.08. The Morgan fingerprint density at radius 1 is 1.23 bits per heavy atom. The third kappa shape index (κ3) is 6.88. The van der Waals surface area contributed by atoms with Crippen LogP contribution >= 0.6 is 11.3 Å². The number of carbonyl (C=O) groups excluding carboxylic acids is 1. The van der Waals surface area contributed by atoms with Crippen LogP contribution in [0, 0.1) is 0 Å². The van der Waals surface area contributed by atoms with Gasteiger partial charge in [-0.15, -0.1) is 11.3 Å². The van der Waals surface area contributed by atoms with Crippen molar-refractivity contribution in [1.29, 1.82) is 0 Å². The predicted molar refractivity (Wildman–Crippen MR) is 124 cm³/mol. The Bertz CT molecular complexity index is 1040.